The number of thiophene rings is 1. The summed E-state index contributed by atoms with van der Waals surface area (Å²) in [6.45, 7) is 4.31. The van der Waals surface area contributed by atoms with E-state index in [0.29, 0.717) is 23.0 Å². The van der Waals surface area contributed by atoms with Gasteiger partial charge in [0, 0.05) is 29.2 Å². The van der Waals surface area contributed by atoms with E-state index in [2.05, 4.69) is 6.92 Å². The van der Waals surface area contributed by atoms with Crippen LogP contribution in [0.1, 0.15) is 31.7 Å². The fourth-order valence-electron chi connectivity index (χ4n) is 3.76. The summed E-state index contributed by atoms with van der Waals surface area (Å²) in [4.78, 5) is 0.665. The van der Waals surface area contributed by atoms with Crippen molar-refractivity contribution >= 4 is 11.3 Å². The van der Waals surface area contributed by atoms with Gasteiger partial charge in [-0.3, -0.25) is 0 Å². The Morgan fingerprint density at radius 3 is 2.37 bits per heavy atom. The van der Waals surface area contributed by atoms with Gasteiger partial charge in [0.15, 0.2) is 16.7 Å². The number of hydrogen-bond donors (Lipinski definition) is 0. The minimum atomic E-state index is -0.817. The van der Waals surface area contributed by atoms with Gasteiger partial charge in [0.1, 0.15) is 0 Å². The van der Waals surface area contributed by atoms with Crippen LogP contribution in [-0.4, -0.2) is 19.8 Å². The van der Waals surface area contributed by atoms with Crippen molar-refractivity contribution in [2.24, 2.45) is 5.92 Å². The van der Waals surface area contributed by atoms with E-state index in [1.165, 1.54) is 16.9 Å². The molecular formula is C25H26F2O2S. The van der Waals surface area contributed by atoms with Crippen LogP contribution in [0.4, 0.5) is 8.78 Å². The van der Waals surface area contributed by atoms with Gasteiger partial charge in [-0.1, -0.05) is 55.0 Å². The molecule has 30 heavy (non-hydrogen) atoms. The van der Waals surface area contributed by atoms with Crippen molar-refractivity contribution < 1.29 is 18.3 Å². The summed E-state index contributed by atoms with van der Waals surface area (Å²) in [7, 11) is 0. The summed E-state index contributed by atoms with van der Waals surface area (Å²) < 4.78 is 41.0. The van der Waals surface area contributed by atoms with E-state index in [4.69, 9.17) is 9.47 Å². The predicted molar refractivity (Wildman–Crippen MR) is 118 cm³/mol. The average molecular weight is 429 g/mol. The van der Waals surface area contributed by atoms with Crippen molar-refractivity contribution in [3.05, 3.63) is 65.7 Å². The zero-order valence-corrected chi connectivity index (χ0v) is 17.9. The molecule has 0 unspecified atom stereocenters. The maximum absolute atomic E-state index is 14.9. The summed E-state index contributed by atoms with van der Waals surface area (Å²) in [5.41, 5.74) is 2.44. The highest BCUT2D eigenvalue weighted by Crippen LogP contribution is 2.37. The van der Waals surface area contributed by atoms with Crippen molar-refractivity contribution in [3.63, 3.8) is 0 Å². The molecule has 1 aliphatic heterocycles. The van der Waals surface area contributed by atoms with E-state index in [0.717, 1.165) is 44.0 Å². The van der Waals surface area contributed by atoms with Crippen molar-refractivity contribution in [2.45, 2.75) is 32.6 Å². The predicted octanol–water partition coefficient (Wildman–Crippen LogP) is 7.12. The first-order valence-electron chi connectivity index (χ1n) is 10.5. The van der Waals surface area contributed by atoms with E-state index in [-0.39, 0.29) is 11.1 Å². The van der Waals surface area contributed by atoms with Crippen LogP contribution in [0.25, 0.3) is 21.6 Å². The smallest absolute Gasteiger partial charge is 0.174 e. The van der Waals surface area contributed by atoms with Crippen LogP contribution in [0.5, 0.6) is 5.06 Å². The van der Waals surface area contributed by atoms with Gasteiger partial charge in [-0.2, -0.15) is 0 Å². The van der Waals surface area contributed by atoms with Crippen LogP contribution in [0.3, 0.4) is 0 Å². The van der Waals surface area contributed by atoms with Gasteiger partial charge >= 0.3 is 0 Å². The first-order valence-corrected chi connectivity index (χ1v) is 11.4. The lowest BCUT2D eigenvalue weighted by molar-refractivity contribution is 0.0503. The minimum Gasteiger partial charge on any atom is -0.484 e. The first-order chi connectivity index (χ1) is 14.7. The summed E-state index contributed by atoms with van der Waals surface area (Å²) >= 11 is 1.35. The molecule has 1 aromatic heterocycles. The number of ether oxygens (including phenoxy) is 2. The third-order valence-corrected chi connectivity index (χ3v) is 6.57. The Bertz CT molecular complexity index is 975. The topological polar surface area (TPSA) is 18.5 Å². The normalized spacial score (nSPS) is 14.8. The second-order valence-electron chi connectivity index (χ2n) is 7.72. The minimum absolute atomic E-state index is 0.268. The zero-order valence-electron chi connectivity index (χ0n) is 17.1. The largest absolute Gasteiger partial charge is 0.484 e. The highest BCUT2D eigenvalue weighted by Gasteiger charge is 2.18. The fourth-order valence-corrected chi connectivity index (χ4v) is 4.64. The molecular weight excluding hydrogens is 402 g/mol. The second-order valence-corrected chi connectivity index (χ2v) is 8.77. The molecule has 2 heterocycles. The third-order valence-electron chi connectivity index (χ3n) is 5.53. The number of rotatable bonds is 7. The lowest BCUT2D eigenvalue weighted by Gasteiger charge is -2.21. The van der Waals surface area contributed by atoms with Crippen molar-refractivity contribution in [1.29, 1.82) is 0 Å². The Kier molecular flexibility index (Phi) is 6.80. The molecule has 0 radical (unpaired) electrons. The molecule has 5 heteroatoms. The number of aryl methyl sites for hydroxylation is 1. The highest BCUT2D eigenvalue weighted by atomic mass is 32.1. The second kappa shape index (κ2) is 9.71. The Hall–Kier alpha value is -2.24. The number of hydrogen-bond acceptors (Lipinski definition) is 3. The van der Waals surface area contributed by atoms with Crippen LogP contribution in [-0.2, 0) is 11.2 Å². The number of halogens is 2. The Labute approximate surface area is 180 Å². The molecule has 2 nitrogen and oxygen atoms in total. The number of benzene rings is 2. The SMILES string of the molecule is CCCc1ccc(-c2ccc(-c3ccc(OCC4CCOCC4)s3)c(F)c2F)cc1. The van der Waals surface area contributed by atoms with Crippen LogP contribution in [0, 0.1) is 17.6 Å². The van der Waals surface area contributed by atoms with Crippen LogP contribution < -0.4 is 4.74 Å². The van der Waals surface area contributed by atoms with Gasteiger partial charge < -0.3 is 9.47 Å². The molecule has 2 aromatic carbocycles. The molecule has 1 saturated heterocycles. The quantitative estimate of drug-likeness (QED) is 0.399. The lowest BCUT2D eigenvalue weighted by atomic mass is 10.00. The average Bonchev–Trinajstić information content (AvgIpc) is 3.25. The van der Waals surface area contributed by atoms with E-state index in [9.17, 15) is 8.78 Å². The molecule has 158 valence electrons. The monoisotopic (exact) mass is 428 g/mol. The van der Waals surface area contributed by atoms with Gasteiger partial charge in [0.25, 0.3) is 0 Å². The summed E-state index contributed by atoms with van der Waals surface area (Å²) in [6.07, 6.45) is 4.03. The van der Waals surface area contributed by atoms with Crippen molar-refractivity contribution in [3.8, 4) is 26.6 Å². The summed E-state index contributed by atoms with van der Waals surface area (Å²) in [5, 5.41) is 0.729. The first kappa shape index (κ1) is 21.0. The third kappa shape index (κ3) is 4.73. The van der Waals surface area contributed by atoms with Crippen LogP contribution in [0.2, 0.25) is 0 Å². The summed E-state index contributed by atoms with van der Waals surface area (Å²) in [5.74, 6) is -1.14. The standard InChI is InChI=1S/C25H26F2O2S/c1-2-3-17-4-6-19(7-5-17)20-8-9-21(25(27)24(20)26)22-10-11-23(30-22)29-16-18-12-14-28-15-13-18/h4-11,18H,2-3,12-16H2,1H3. The van der Waals surface area contributed by atoms with E-state index in [1.54, 1.807) is 18.2 Å². The van der Waals surface area contributed by atoms with Crippen molar-refractivity contribution in [2.75, 3.05) is 19.8 Å². The summed E-state index contributed by atoms with van der Waals surface area (Å²) in [6, 6.07) is 14.6. The van der Waals surface area contributed by atoms with Gasteiger partial charge in [-0.25, -0.2) is 8.78 Å². The Morgan fingerprint density at radius 1 is 0.933 bits per heavy atom. The Morgan fingerprint density at radius 2 is 1.63 bits per heavy atom. The van der Waals surface area contributed by atoms with E-state index >= 15 is 0 Å². The molecule has 0 saturated carbocycles. The van der Waals surface area contributed by atoms with Crippen molar-refractivity contribution in [1.82, 2.24) is 0 Å². The van der Waals surface area contributed by atoms with E-state index < -0.39 is 11.6 Å². The Balaban J connectivity index is 1.50. The van der Waals surface area contributed by atoms with E-state index in [1.807, 2.05) is 30.3 Å². The fraction of sp³-hybridized carbons (Fsp3) is 0.360. The molecule has 0 aliphatic carbocycles. The van der Waals surface area contributed by atoms with Crippen LogP contribution >= 0.6 is 11.3 Å². The molecule has 3 aromatic rings. The maximum atomic E-state index is 14.9. The lowest BCUT2D eigenvalue weighted by Crippen LogP contribution is -2.21. The highest BCUT2D eigenvalue weighted by molar-refractivity contribution is 7.17. The van der Waals surface area contributed by atoms with Crippen LogP contribution in [0.15, 0.2) is 48.5 Å². The molecule has 1 fully saturated rings. The molecule has 0 atom stereocenters. The van der Waals surface area contributed by atoms with Gasteiger partial charge in [-0.15, -0.1) is 0 Å². The van der Waals surface area contributed by atoms with Gasteiger partial charge in [-0.05, 0) is 54.5 Å². The molecule has 0 spiro atoms. The molecule has 0 N–H and O–H groups in total. The molecule has 4 rings (SSSR count). The molecule has 1 aliphatic rings. The van der Waals surface area contributed by atoms with Gasteiger partial charge in [0.05, 0.1) is 6.61 Å². The zero-order chi connectivity index (χ0) is 20.9. The maximum Gasteiger partial charge on any atom is 0.174 e. The van der Waals surface area contributed by atoms with Gasteiger partial charge in [0.2, 0.25) is 0 Å². The molecule has 0 bridgehead atoms. The molecule has 0 amide bonds.